The summed E-state index contributed by atoms with van der Waals surface area (Å²) in [6.45, 7) is 0. The van der Waals surface area contributed by atoms with E-state index in [0.717, 1.165) is 12.1 Å². The largest absolute Gasteiger partial charge is 0.465 e. The van der Waals surface area contributed by atoms with Crippen LogP contribution in [0.5, 0.6) is 11.5 Å². The first kappa shape index (κ1) is 33.4. The fraction of sp³-hybridized carbons (Fsp3) is 0.0667. The Morgan fingerprint density at radius 3 is 1.20 bits per heavy atom. The molecule has 0 radical (unpaired) electrons. The molecule has 0 aliphatic carbocycles. The van der Waals surface area contributed by atoms with Crippen LogP contribution in [0.4, 0.5) is 0 Å². The summed E-state index contributed by atoms with van der Waals surface area (Å²) in [7, 11) is 2.39. The van der Waals surface area contributed by atoms with Gasteiger partial charge in [-0.2, -0.15) is 0 Å². The van der Waals surface area contributed by atoms with Gasteiger partial charge in [0.05, 0.1) is 55.5 Å². The number of methoxy groups -OCH3 is 2. The molecule has 0 aliphatic rings. The smallest absolute Gasteiger partial charge is 0.423 e. The Kier molecular flexibility index (Phi) is 10.7. The van der Waals surface area contributed by atoms with E-state index in [1.54, 1.807) is 24.3 Å². The highest BCUT2D eigenvalue weighted by Crippen LogP contribution is 2.47. The third-order valence-corrected chi connectivity index (χ3v) is 8.35. The van der Waals surface area contributed by atoms with Gasteiger partial charge in [0.2, 0.25) is 0 Å². The number of hydrogen-bond acceptors (Lipinski definition) is 8. The summed E-state index contributed by atoms with van der Waals surface area (Å²) in [6.07, 6.45) is 0. The average molecular weight is 717 g/mol. The van der Waals surface area contributed by atoms with Gasteiger partial charge in [-0.1, -0.05) is 106 Å². The van der Waals surface area contributed by atoms with Crippen molar-refractivity contribution < 1.29 is 38.1 Å². The van der Waals surface area contributed by atoms with Crippen LogP contribution in [0.3, 0.4) is 0 Å². The van der Waals surface area contributed by atoms with Gasteiger partial charge in [0, 0.05) is 23.3 Å². The van der Waals surface area contributed by atoms with Gasteiger partial charge in [-0.25, -0.2) is 19.2 Å². The minimum atomic E-state index is -1.53. The molecule has 14 heteroatoms. The molecule has 0 aromatic heterocycles. The molecule has 0 N–H and O–H groups in total. The van der Waals surface area contributed by atoms with Crippen molar-refractivity contribution >= 4 is 93.5 Å². The maximum Gasteiger partial charge on any atom is 0.423 e. The quantitative estimate of drug-likeness (QED) is 0.0843. The second kappa shape index (κ2) is 14.1. The molecule has 8 nitrogen and oxygen atoms in total. The number of hydrogen-bond donors (Lipinski definition) is 0. The van der Waals surface area contributed by atoms with E-state index in [1.807, 2.05) is 0 Å². The molecular formula is C30H16Cl6O8. The van der Waals surface area contributed by atoms with E-state index >= 15 is 0 Å². The van der Waals surface area contributed by atoms with Crippen molar-refractivity contribution in [3.05, 3.63) is 102 Å². The first-order valence-corrected chi connectivity index (χ1v) is 14.3. The first-order chi connectivity index (χ1) is 20.9. The van der Waals surface area contributed by atoms with E-state index in [9.17, 15) is 19.2 Å². The van der Waals surface area contributed by atoms with Gasteiger partial charge in [-0.3, -0.25) is 0 Å². The Morgan fingerprint density at radius 1 is 0.523 bits per heavy atom. The Hall–Kier alpha value is -3.50. The molecule has 0 saturated carbocycles. The molecule has 0 bridgehead atoms. The van der Waals surface area contributed by atoms with Crippen LogP contribution in [0.2, 0.25) is 30.1 Å². The highest BCUT2D eigenvalue weighted by molar-refractivity contribution is 6.48. The van der Waals surface area contributed by atoms with Gasteiger partial charge in [0.15, 0.2) is 11.5 Å². The molecule has 0 aliphatic heterocycles. The van der Waals surface area contributed by atoms with Crippen LogP contribution < -0.4 is 9.47 Å². The lowest BCUT2D eigenvalue weighted by atomic mass is 9.99. The summed E-state index contributed by atoms with van der Waals surface area (Å²) < 4.78 is 20.1. The Bertz CT molecular complexity index is 1710. The fourth-order valence-electron chi connectivity index (χ4n) is 4.04. The molecule has 4 aromatic carbocycles. The number of carbonyl (C=O) groups excluding carboxylic acids is 4. The summed E-state index contributed by atoms with van der Waals surface area (Å²) >= 11 is 38.5. The number of halogens is 6. The Morgan fingerprint density at radius 2 is 0.864 bits per heavy atom. The highest BCUT2D eigenvalue weighted by Gasteiger charge is 2.28. The van der Waals surface area contributed by atoms with E-state index in [1.165, 1.54) is 38.5 Å². The van der Waals surface area contributed by atoms with E-state index < -0.39 is 23.9 Å². The Labute approximate surface area is 280 Å². The van der Waals surface area contributed by atoms with Crippen LogP contribution >= 0.6 is 69.6 Å². The van der Waals surface area contributed by atoms with Crippen LogP contribution in [0, 0.1) is 0 Å². The van der Waals surface area contributed by atoms with Gasteiger partial charge in [0.25, 0.3) is 0 Å². The van der Waals surface area contributed by atoms with Crippen LogP contribution in [0.15, 0.2) is 60.7 Å². The van der Waals surface area contributed by atoms with Crippen molar-refractivity contribution in [2.45, 2.75) is 0 Å². The van der Waals surface area contributed by atoms with Crippen molar-refractivity contribution in [1.29, 1.82) is 0 Å². The number of rotatable bonds is 6. The van der Waals surface area contributed by atoms with Crippen LogP contribution in [-0.2, 0) is 19.1 Å². The van der Waals surface area contributed by atoms with E-state index in [0.29, 0.717) is 0 Å². The molecule has 0 unspecified atom stereocenters. The molecule has 44 heavy (non-hydrogen) atoms. The third kappa shape index (κ3) is 6.61. The highest BCUT2D eigenvalue weighted by atomic mass is 35.5. The molecule has 4 rings (SSSR count). The molecule has 0 amide bonds. The van der Waals surface area contributed by atoms with Crippen molar-refractivity contribution in [2.75, 3.05) is 14.2 Å². The minimum absolute atomic E-state index is 0.0411. The molecular weight excluding hydrogens is 701 g/mol. The average Bonchev–Trinajstić information content (AvgIpc) is 3.02. The summed E-state index contributed by atoms with van der Waals surface area (Å²) in [5.74, 6) is -5.19. The summed E-state index contributed by atoms with van der Waals surface area (Å²) in [6, 6.07) is 14.6. The van der Waals surface area contributed by atoms with Gasteiger partial charge < -0.3 is 18.9 Å². The van der Waals surface area contributed by atoms with Crippen LogP contribution in [0.25, 0.3) is 22.3 Å². The number of benzene rings is 4. The first-order valence-electron chi connectivity index (χ1n) is 12.1. The topological polar surface area (TPSA) is 105 Å². The van der Waals surface area contributed by atoms with Gasteiger partial charge >= 0.3 is 23.9 Å². The summed E-state index contributed by atoms with van der Waals surface area (Å²) in [5.41, 5.74) is 0.713. The maximum atomic E-state index is 12.9. The molecule has 0 saturated heterocycles. The summed E-state index contributed by atoms with van der Waals surface area (Å²) in [4.78, 5) is 50.4. The van der Waals surface area contributed by atoms with Crippen molar-refractivity contribution in [1.82, 2.24) is 0 Å². The SMILES string of the molecule is COC(=O)c1ccccc1-c1c(Cl)c(Cl)cc(OC(=O)C(=O)Oc2cc(Cl)c(Cl)c(-c3ccccc3C(=O)OC)c2Cl)c1Cl. The lowest BCUT2D eigenvalue weighted by Gasteiger charge is -2.16. The fourth-order valence-corrected chi connectivity index (χ4v) is 5.61. The van der Waals surface area contributed by atoms with Crippen molar-refractivity contribution in [2.24, 2.45) is 0 Å². The minimum Gasteiger partial charge on any atom is -0.465 e. The van der Waals surface area contributed by atoms with E-state index in [4.69, 9.17) is 88.6 Å². The van der Waals surface area contributed by atoms with Gasteiger partial charge in [-0.15, -0.1) is 0 Å². The molecule has 0 atom stereocenters. The number of ether oxygens (including phenoxy) is 4. The zero-order chi connectivity index (χ0) is 32.3. The second-order valence-electron chi connectivity index (χ2n) is 8.57. The zero-order valence-electron chi connectivity index (χ0n) is 22.3. The van der Waals surface area contributed by atoms with E-state index in [2.05, 4.69) is 0 Å². The maximum absolute atomic E-state index is 12.9. The molecule has 226 valence electrons. The van der Waals surface area contributed by atoms with Crippen molar-refractivity contribution in [3.63, 3.8) is 0 Å². The lowest BCUT2D eigenvalue weighted by molar-refractivity contribution is -0.156. The van der Waals surface area contributed by atoms with Gasteiger partial charge in [-0.05, 0) is 23.3 Å². The Balaban J connectivity index is 1.69. The molecule has 0 spiro atoms. The summed E-state index contributed by atoms with van der Waals surface area (Å²) in [5, 5.41) is -0.820. The lowest BCUT2D eigenvalue weighted by Crippen LogP contribution is -2.25. The standard InChI is InChI=1S/C30H16Cl6O8/c1-41-27(37)15-9-5-3-7-13(15)21-23(33)17(31)11-19(25(21)35)43-29(39)30(40)44-20-12-18(32)24(34)22(26(20)36)14-8-4-6-10-16(14)28(38)42-2/h3-12H,1-2H3. The van der Waals surface area contributed by atoms with Crippen molar-refractivity contribution in [3.8, 4) is 33.8 Å². The molecule has 0 fully saturated rings. The molecule has 4 aromatic rings. The van der Waals surface area contributed by atoms with Crippen LogP contribution in [-0.4, -0.2) is 38.1 Å². The normalized spacial score (nSPS) is 10.6. The predicted octanol–water partition coefficient (Wildman–Crippen LogP) is 9.03. The van der Waals surface area contributed by atoms with Crippen LogP contribution in [0.1, 0.15) is 20.7 Å². The monoisotopic (exact) mass is 714 g/mol. The van der Waals surface area contributed by atoms with Gasteiger partial charge in [0.1, 0.15) is 0 Å². The predicted molar refractivity (Wildman–Crippen MR) is 168 cm³/mol. The molecule has 0 heterocycles. The van der Waals surface area contributed by atoms with E-state index in [-0.39, 0.29) is 75.0 Å². The zero-order valence-corrected chi connectivity index (χ0v) is 26.8. The second-order valence-corrected chi connectivity index (χ2v) is 10.9. The number of carbonyl (C=O) groups is 4. The number of esters is 4. The third-order valence-electron chi connectivity index (χ3n) is 6.02.